The second-order valence-corrected chi connectivity index (χ2v) is 6.73. The zero-order chi connectivity index (χ0) is 14.6. The number of aryl methyl sites for hydroxylation is 1. The summed E-state index contributed by atoms with van der Waals surface area (Å²) in [4.78, 5) is 8.42. The van der Waals surface area contributed by atoms with E-state index in [1.165, 1.54) is 17.0 Å². The highest BCUT2D eigenvalue weighted by atomic mass is 32.1. The highest BCUT2D eigenvalue weighted by Crippen LogP contribution is 2.31. The lowest BCUT2D eigenvalue weighted by molar-refractivity contribution is 0.505. The summed E-state index contributed by atoms with van der Waals surface area (Å²) in [6, 6.07) is 0.909. The molecule has 2 unspecified atom stereocenters. The Labute approximate surface area is 122 Å². The molecule has 0 aliphatic heterocycles. The third kappa shape index (κ3) is 4.18. The maximum absolute atomic E-state index is 4.75. The van der Waals surface area contributed by atoms with E-state index in [2.05, 4.69) is 58.8 Å². The fourth-order valence-electron chi connectivity index (χ4n) is 2.02. The van der Waals surface area contributed by atoms with Crippen LogP contribution in [0.3, 0.4) is 0 Å². The minimum Gasteiger partial charge on any atom is -0.348 e. The number of nitrogens with one attached hydrogen (secondary N) is 1. The van der Waals surface area contributed by atoms with Gasteiger partial charge in [-0.15, -0.1) is 11.3 Å². The van der Waals surface area contributed by atoms with Crippen molar-refractivity contribution < 1.29 is 0 Å². The van der Waals surface area contributed by atoms with Gasteiger partial charge in [-0.2, -0.15) is 0 Å². The largest absolute Gasteiger partial charge is 0.348 e. The predicted molar refractivity (Wildman–Crippen MR) is 86.3 cm³/mol. The van der Waals surface area contributed by atoms with Gasteiger partial charge in [-0.3, -0.25) is 0 Å². The first-order valence-corrected chi connectivity index (χ1v) is 8.13. The topological polar surface area (TPSA) is 28.2 Å². The molecule has 0 aliphatic carbocycles. The Kier molecular flexibility index (Phi) is 6.27. The molecule has 0 saturated heterocycles. The van der Waals surface area contributed by atoms with Crippen LogP contribution in [0.4, 0.5) is 5.13 Å². The number of hydrogen-bond donors (Lipinski definition) is 1. The molecule has 1 heterocycles. The van der Waals surface area contributed by atoms with Crippen LogP contribution in [-0.2, 0) is 0 Å². The summed E-state index contributed by atoms with van der Waals surface area (Å²) < 4.78 is 0. The third-order valence-electron chi connectivity index (χ3n) is 3.79. The molecule has 0 aliphatic rings. The van der Waals surface area contributed by atoms with E-state index in [1.54, 1.807) is 0 Å². The van der Waals surface area contributed by atoms with Gasteiger partial charge in [0.2, 0.25) is 0 Å². The van der Waals surface area contributed by atoms with E-state index in [4.69, 9.17) is 4.98 Å². The molecule has 19 heavy (non-hydrogen) atoms. The lowest BCUT2D eigenvalue weighted by Crippen LogP contribution is -2.33. The maximum Gasteiger partial charge on any atom is 0.185 e. The predicted octanol–water partition coefficient (Wildman–Crippen LogP) is 3.99. The Balaban J connectivity index is 2.83. The lowest BCUT2D eigenvalue weighted by atomic mass is 10.1. The van der Waals surface area contributed by atoms with Gasteiger partial charge in [0.1, 0.15) is 0 Å². The average molecular weight is 283 g/mol. The molecule has 0 saturated carbocycles. The molecule has 1 rings (SSSR count). The van der Waals surface area contributed by atoms with Gasteiger partial charge < -0.3 is 10.2 Å². The molecule has 0 spiro atoms. The van der Waals surface area contributed by atoms with E-state index >= 15 is 0 Å². The smallest absolute Gasteiger partial charge is 0.185 e. The molecule has 0 bridgehead atoms. The zero-order valence-electron chi connectivity index (χ0n) is 13.4. The molecule has 0 radical (unpaired) electrons. The Hall–Kier alpha value is -0.610. The van der Waals surface area contributed by atoms with Gasteiger partial charge >= 0.3 is 0 Å². The monoisotopic (exact) mass is 283 g/mol. The van der Waals surface area contributed by atoms with Crippen LogP contribution in [0.15, 0.2) is 0 Å². The molecule has 3 nitrogen and oxygen atoms in total. The number of nitrogens with zero attached hydrogens (tertiary/aromatic N) is 2. The second kappa shape index (κ2) is 7.25. The summed E-state index contributed by atoms with van der Waals surface area (Å²) in [6.07, 6.45) is 1.17. The highest BCUT2D eigenvalue weighted by molar-refractivity contribution is 7.15. The summed E-state index contributed by atoms with van der Waals surface area (Å²) in [6.45, 7) is 14.4. The lowest BCUT2D eigenvalue weighted by Gasteiger charge is -2.27. The van der Waals surface area contributed by atoms with Gasteiger partial charge in [-0.25, -0.2) is 4.98 Å². The Bertz CT molecular complexity index is 387. The molecule has 1 aromatic rings. The number of aromatic nitrogens is 1. The van der Waals surface area contributed by atoms with Gasteiger partial charge in [-0.05, 0) is 39.7 Å². The van der Waals surface area contributed by atoms with Crippen molar-refractivity contribution in [3.05, 3.63) is 10.6 Å². The van der Waals surface area contributed by atoms with E-state index in [9.17, 15) is 0 Å². The first kappa shape index (κ1) is 16.4. The van der Waals surface area contributed by atoms with Crippen molar-refractivity contribution in [2.75, 3.05) is 18.5 Å². The summed E-state index contributed by atoms with van der Waals surface area (Å²) >= 11 is 1.82. The number of anilines is 1. The fraction of sp³-hybridized carbons (Fsp3) is 0.800. The Morgan fingerprint density at radius 3 is 2.42 bits per heavy atom. The van der Waals surface area contributed by atoms with Crippen molar-refractivity contribution in [2.45, 2.75) is 60.0 Å². The summed E-state index contributed by atoms with van der Waals surface area (Å²) in [5.74, 6) is 0.633. The molecular formula is C15H29N3S. The summed E-state index contributed by atoms with van der Waals surface area (Å²) in [7, 11) is 2.15. The van der Waals surface area contributed by atoms with E-state index in [0.717, 1.165) is 11.7 Å². The van der Waals surface area contributed by atoms with Crippen molar-refractivity contribution in [1.29, 1.82) is 0 Å². The second-order valence-electron chi connectivity index (χ2n) is 5.72. The van der Waals surface area contributed by atoms with Crippen molar-refractivity contribution in [3.8, 4) is 0 Å². The van der Waals surface area contributed by atoms with Gasteiger partial charge in [0, 0.05) is 24.0 Å². The Morgan fingerprint density at radius 2 is 1.89 bits per heavy atom. The van der Waals surface area contributed by atoms with Crippen LogP contribution in [0.5, 0.6) is 0 Å². The molecule has 0 amide bonds. The standard InChI is InChI=1S/C15H29N3S/c1-8-9-16-11(4)14-12(5)17-15(19-14)18(7)13(6)10(2)3/h10-11,13,16H,8-9H2,1-7H3. The van der Waals surface area contributed by atoms with Crippen molar-refractivity contribution in [3.63, 3.8) is 0 Å². The zero-order valence-corrected chi connectivity index (χ0v) is 14.3. The van der Waals surface area contributed by atoms with Gasteiger partial charge in [0.15, 0.2) is 5.13 Å². The molecule has 110 valence electrons. The normalized spacial score (nSPS) is 14.7. The van der Waals surface area contributed by atoms with E-state index < -0.39 is 0 Å². The van der Waals surface area contributed by atoms with Gasteiger partial charge in [0.05, 0.1) is 5.69 Å². The van der Waals surface area contributed by atoms with Gasteiger partial charge in [-0.1, -0.05) is 20.8 Å². The molecule has 1 aromatic heterocycles. The van der Waals surface area contributed by atoms with Crippen LogP contribution < -0.4 is 10.2 Å². The molecular weight excluding hydrogens is 254 g/mol. The van der Waals surface area contributed by atoms with E-state index in [-0.39, 0.29) is 0 Å². The minimum absolute atomic E-state index is 0.397. The number of rotatable bonds is 7. The summed E-state index contributed by atoms with van der Waals surface area (Å²) in [5.41, 5.74) is 1.17. The molecule has 0 fully saturated rings. The van der Waals surface area contributed by atoms with Gasteiger partial charge in [0.25, 0.3) is 0 Å². The molecule has 0 aromatic carbocycles. The minimum atomic E-state index is 0.397. The van der Waals surface area contributed by atoms with Crippen molar-refractivity contribution in [1.82, 2.24) is 10.3 Å². The van der Waals surface area contributed by atoms with Crippen molar-refractivity contribution >= 4 is 16.5 Å². The van der Waals surface area contributed by atoms with E-state index in [1.807, 2.05) is 11.3 Å². The van der Waals surface area contributed by atoms with Crippen LogP contribution in [0.25, 0.3) is 0 Å². The molecule has 1 N–H and O–H groups in total. The maximum atomic E-state index is 4.75. The van der Waals surface area contributed by atoms with Crippen molar-refractivity contribution in [2.24, 2.45) is 5.92 Å². The first-order chi connectivity index (χ1) is 8.88. The quantitative estimate of drug-likeness (QED) is 0.820. The van der Waals surface area contributed by atoms with Crippen LogP contribution >= 0.6 is 11.3 Å². The fourth-order valence-corrected chi connectivity index (χ4v) is 3.16. The average Bonchev–Trinajstić information content (AvgIpc) is 2.76. The SMILES string of the molecule is CCCNC(C)c1sc(N(C)C(C)C(C)C)nc1C. The Morgan fingerprint density at radius 1 is 1.26 bits per heavy atom. The summed E-state index contributed by atoms with van der Waals surface area (Å²) in [5, 5.41) is 4.68. The third-order valence-corrected chi connectivity index (χ3v) is 5.22. The van der Waals surface area contributed by atoms with Crippen LogP contribution in [0.2, 0.25) is 0 Å². The first-order valence-electron chi connectivity index (χ1n) is 7.32. The molecule has 2 atom stereocenters. The molecule has 4 heteroatoms. The van der Waals surface area contributed by atoms with Crippen LogP contribution in [0, 0.1) is 12.8 Å². The van der Waals surface area contributed by atoms with Crippen LogP contribution in [0.1, 0.15) is 57.7 Å². The highest BCUT2D eigenvalue weighted by Gasteiger charge is 2.20. The van der Waals surface area contributed by atoms with E-state index in [0.29, 0.717) is 18.0 Å². The number of hydrogen-bond acceptors (Lipinski definition) is 4. The number of thiazole rings is 1. The van der Waals surface area contributed by atoms with Crippen LogP contribution in [-0.4, -0.2) is 24.6 Å².